The van der Waals surface area contributed by atoms with Gasteiger partial charge in [0.2, 0.25) is 15.9 Å². The van der Waals surface area contributed by atoms with E-state index in [9.17, 15) is 27.2 Å². The van der Waals surface area contributed by atoms with E-state index in [1.807, 2.05) is 0 Å². The molecule has 1 fully saturated rings. The Balaban J connectivity index is 1.46. The van der Waals surface area contributed by atoms with Gasteiger partial charge in [-0.2, -0.15) is 4.31 Å². The molecule has 0 saturated carbocycles. The molecule has 3 rings (SSSR count). The molecule has 0 aliphatic carbocycles. The number of halogens is 1. The van der Waals surface area contributed by atoms with Gasteiger partial charge in [0.15, 0.2) is 5.78 Å². The molecular weight excluding hydrogens is 451 g/mol. The standard InChI is InChI=1S/C22H25FN4O5S/c1-16(28)18-3-2-4-20(13-18)33(31,32)27-11-9-26(10-12-27)21(29)15-25-22(30)24-14-17-5-7-19(23)8-6-17/h2-8,13H,9-12,14-15H2,1H3,(H2,24,25,30). The van der Waals surface area contributed by atoms with Crippen LogP contribution in [0.3, 0.4) is 0 Å². The lowest BCUT2D eigenvalue weighted by Crippen LogP contribution is -2.53. The van der Waals surface area contributed by atoms with Gasteiger partial charge in [-0.05, 0) is 36.8 Å². The number of urea groups is 1. The minimum atomic E-state index is -3.79. The predicted octanol–water partition coefficient (Wildman–Crippen LogP) is 1.36. The lowest BCUT2D eigenvalue weighted by atomic mass is 10.2. The van der Waals surface area contributed by atoms with Crippen LogP contribution < -0.4 is 10.6 Å². The summed E-state index contributed by atoms with van der Waals surface area (Å²) in [6.07, 6.45) is 0. The highest BCUT2D eigenvalue weighted by molar-refractivity contribution is 7.89. The van der Waals surface area contributed by atoms with Crippen LogP contribution in [0.25, 0.3) is 0 Å². The summed E-state index contributed by atoms with van der Waals surface area (Å²) < 4.78 is 40.0. The molecule has 0 atom stereocenters. The molecular formula is C22H25FN4O5S. The molecule has 0 unspecified atom stereocenters. The molecule has 0 aromatic heterocycles. The van der Waals surface area contributed by atoms with E-state index in [2.05, 4.69) is 10.6 Å². The Morgan fingerprint density at radius 3 is 2.27 bits per heavy atom. The van der Waals surface area contributed by atoms with Gasteiger partial charge in [0, 0.05) is 38.3 Å². The van der Waals surface area contributed by atoms with E-state index >= 15 is 0 Å². The first-order valence-electron chi connectivity index (χ1n) is 10.3. The number of amides is 3. The molecule has 1 heterocycles. The Bertz CT molecular complexity index is 1130. The molecule has 1 aliphatic rings. The number of piperazine rings is 1. The molecule has 0 radical (unpaired) electrons. The lowest BCUT2D eigenvalue weighted by molar-refractivity contribution is -0.131. The Labute approximate surface area is 191 Å². The fraction of sp³-hybridized carbons (Fsp3) is 0.318. The first-order valence-corrected chi connectivity index (χ1v) is 11.8. The molecule has 2 N–H and O–H groups in total. The van der Waals surface area contributed by atoms with Crippen molar-refractivity contribution in [3.63, 3.8) is 0 Å². The third-order valence-corrected chi connectivity index (χ3v) is 7.13. The molecule has 1 aliphatic heterocycles. The van der Waals surface area contributed by atoms with Crippen LogP contribution in [0, 0.1) is 5.82 Å². The smallest absolute Gasteiger partial charge is 0.315 e. The van der Waals surface area contributed by atoms with Gasteiger partial charge in [-0.1, -0.05) is 24.3 Å². The summed E-state index contributed by atoms with van der Waals surface area (Å²) in [4.78, 5) is 37.4. The Kier molecular flexibility index (Phi) is 7.77. The third kappa shape index (κ3) is 6.36. The summed E-state index contributed by atoms with van der Waals surface area (Å²) in [5, 5.41) is 5.05. The van der Waals surface area contributed by atoms with Gasteiger partial charge in [0.05, 0.1) is 11.4 Å². The number of benzene rings is 2. The monoisotopic (exact) mass is 476 g/mol. The maximum atomic E-state index is 12.9. The summed E-state index contributed by atoms with van der Waals surface area (Å²) in [6, 6.07) is 11.0. The summed E-state index contributed by atoms with van der Waals surface area (Å²) >= 11 is 0. The van der Waals surface area contributed by atoms with E-state index < -0.39 is 16.1 Å². The number of ketones is 1. The molecule has 3 amide bonds. The van der Waals surface area contributed by atoms with E-state index in [1.165, 1.54) is 46.5 Å². The van der Waals surface area contributed by atoms with Crippen LogP contribution >= 0.6 is 0 Å². The van der Waals surface area contributed by atoms with Crippen molar-refractivity contribution in [2.24, 2.45) is 0 Å². The lowest BCUT2D eigenvalue weighted by Gasteiger charge is -2.34. The number of carbonyl (C=O) groups excluding carboxylic acids is 3. The Hall–Kier alpha value is -3.31. The van der Waals surface area contributed by atoms with Crippen molar-refractivity contribution in [1.82, 2.24) is 19.8 Å². The number of sulfonamides is 1. The van der Waals surface area contributed by atoms with Crippen LogP contribution in [0.4, 0.5) is 9.18 Å². The minimum Gasteiger partial charge on any atom is -0.339 e. The highest BCUT2D eigenvalue weighted by atomic mass is 32.2. The zero-order valence-corrected chi connectivity index (χ0v) is 18.9. The van der Waals surface area contributed by atoms with Crippen molar-refractivity contribution in [2.75, 3.05) is 32.7 Å². The molecule has 0 bridgehead atoms. The summed E-state index contributed by atoms with van der Waals surface area (Å²) in [5.41, 5.74) is 1.03. The predicted molar refractivity (Wildman–Crippen MR) is 118 cm³/mol. The zero-order chi connectivity index (χ0) is 24.0. The van der Waals surface area contributed by atoms with E-state index in [4.69, 9.17) is 0 Å². The Morgan fingerprint density at radius 1 is 0.970 bits per heavy atom. The first kappa shape index (κ1) is 24.3. The first-order chi connectivity index (χ1) is 15.7. The van der Waals surface area contributed by atoms with E-state index in [0.29, 0.717) is 11.1 Å². The number of hydrogen-bond acceptors (Lipinski definition) is 5. The molecule has 2 aromatic carbocycles. The number of hydrogen-bond donors (Lipinski definition) is 2. The van der Waals surface area contributed by atoms with Gasteiger partial charge in [-0.15, -0.1) is 0 Å². The van der Waals surface area contributed by atoms with Crippen molar-refractivity contribution in [3.05, 3.63) is 65.5 Å². The van der Waals surface area contributed by atoms with Gasteiger partial charge < -0.3 is 15.5 Å². The van der Waals surface area contributed by atoms with Crippen LogP contribution in [0.15, 0.2) is 53.4 Å². The molecule has 9 nitrogen and oxygen atoms in total. The second-order valence-electron chi connectivity index (χ2n) is 7.53. The van der Waals surface area contributed by atoms with Crippen LogP contribution in [0.5, 0.6) is 0 Å². The van der Waals surface area contributed by atoms with Gasteiger partial charge in [0.25, 0.3) is 0 Å². The second-order valence-corrected chi connectivity index (χ2v) is 9.47. The number of rotatable bonds is 7. The second kappa shape index (κ2) is 10.5. The highest BCUT2D eigenvalue weighted by Crippen LogP contribution is 2.19. The minimum absolute atomic E-state index is 0.0365. The van der Waals surface area contributed by atoms with Crippen LogP contribution in [-0.2, 0) is 21.4 Å². The van der Waals surface area contributed by atoms with Crippen molar-refractivity contribution in [1.29, 1.82) is 0 Å². The van der Waals surface area contributed by atoms with Crippen LogP contribution in [0.2, 0.25) is 0 Å². The molecule has 2 aromatic rings. The molecule has 176 valence electrons. The number of Topliss-reactive ketones (excluding diaryl/α,β-unsaturated/α-hetero) is 1. The van der Waals surface area contributed by atoms with Crippen molar-refractivity contribution >= 4 is 27.7 Å². The molecule has 11 heteroatoms. The van der Waals surface area contributed by atoms with E-state index in [1.54, 1.807) is 18.2 Å². The molecule has 1 saturated heterocycles. The summed E-state index contributed by atoms with van der Waals surface area (Å²) in [6.45, 7) is 1.90. The van der Waals surface area contributed by atoms with E-state index in [0.717, 1.165) is 0 Å². The van der Waals surface area contributed by atoms with Gasteiger partial charge in [-0.3, -0.25) is 9.59 Å². The normalized spacial score (nSPS) is 14.5. The topological polar surface area (TPSA) is 116 Å². The van der Waals surface area contributed by atoms with Crippen LogP contribution in [0.1, 0.15) is 22.8 Å². The maximum absolute atomic E-state index is 12.9. The maximum Gasteiger partial charge on any atom is 0.315 e. The average Bonchev–Trinajstić information content (AvgIpc) is 2.82. The molecule has 0 spiro atoms. The number of nitrogens with zero attached hydrogens (tertiary/aromatic N) is 2. The SMILES string of the molecule is CC(=O)c1cccc(S(=O)(=O)N2CCN(C(=O)CNC(=O)NCc3ccc(F)cc3)CC2)c1. The summed E-state index contributed by atoms with van der Waals surface area (Å²) in [7, 11) is -3.79. The molecule has 33 heavy (non-hydrogen) atoms. The average molecular weight is 477 g/mol. The number of carbonyl (C=O) groups is 3. The van der Waals surface area contributed by atoms with Crippen LogP contribution in [-0.4, -0.2) is 68.1 Å². The zero-order valence-electron chi connectivity index (χ0n) is 18.1. The third-order valence-electron chi connectivity index (χ3n) is 5.24. The van der Waals surface area contributed by atoms with Crippen molar-refractivity contribution < 1.29 is 27.2 Å². The van der Waals surface area contributed by atoms with Crippen molar-refractivity contribution in [3.8, 4) is 0 Å². The largest absolute Gasteiger partial charge is 0.339 e. The quantitative estimate of drug-likeness (QED) is 0.586. The Morgan fingerprint density at radius 2 is 1.64 bits per heavy atom. The fourth-order valence-electron chi connectivity index (χ4n) is 3.32. The van der Waals surface area contributed by atoms with Gasteiger partial charge in [0.1, 0.15) is 5.82 Å². The highest BCUT2D eigenvalue weighted by Gasteiger charge is 2.30. The summed E-state index contributed by atoms with van der Waals surface area (Å²) in [5.74, 6) is -0.925. The number of nitrogens with one attached hydrogen (secondary N) is 2. The fourth-order valence-corrected chi connectivity index (χ4v) is 4.79. The van der Waals surface area contributed by atoms with Gasteiger partial charge in [-0.25, -0.2) is 17.6 Å². The van der Waals surface area contributed by atoms with Crippen molar-refractivity contribution in [2.45, 2.75) is 18.4 Å². The van der Waals surface area contributed by atoms with Gasteiger partial charge >= 0.3 is 6.03 Å². The van der Waals surface area contributed by atoms with E-state index in [-0.39, 0.29) is 61.7 Å².